The maximum absolute atomic E-state index is 13.0. The summed E-state index contributed by atoms with van der Waals surface area (Å²) in [5.74, 6) is -0.352. The van der Waals surface area contributed by atoms with E-state index in [2.05, 4.69) is 10.6 Å². The lowest BCUT2D eigenvalue weighted by molar-refractivity contribution is -0.385. The first-order valence-corrected chi connectivity index (χ1v) is 8.08. The fourth-order valence-electron chi connectivity index (χ4n) is 2.88. The van der Waals surface area contributed by atoms with E-state index in [1.807, 2.05) is 0 Å². The first kappa shape index (κ1) is 17.6. The quantitative estimate of drug-likeness (QED) is 0.485. The van der Waals surface area contributed by atoms with Gasteiger partial charge in [0.25, 0.3) is 5.69 Å². The number of amides is 2. The zero-order valence-electron chi connectivity index (χ0n) is 13.7. The highest BCUT2D eigenvalue weighted by Crippen LogP contribution is 2.34. The Morgan fingerprint density at radius 3 is 2.46 bits per heavy atom. The predicted molar refractivity (Wildman–Crippen MR) is 96.0 cm³/mol. The summed E-state index contributed by atoms with van der Waals surface area (Å²) in [4.78, 5) is 35.8. The molecule has 8 heteroatoms. The summed E-state index contributed by atoms with van der Waals surface area (Å²) in [5.41, 5.74) is 1.02. The van der Waals surface area contributed by atoms with Crippen molar-refractivity contribution in [3.63, 3.8) is 0 Å². The van der Waals surface area contributed by atoms with Crippen LogP contribution in [0.15, 0.2) is 59.8 Å². The molecule has 0 unspecified atom stereocenters. The average Bonchev–Trinajstić information content (AvgIpc) is 2.61. The summed E-state index contributed by atoms with van der Waals surface area (Å²) in [7, 11) is 0. The summed E-state index contributed by atoms with van der Waals surface area (Å²) in [5, 5.41) is 17.0. The molecule has 1 aliphatic rings. The number of para-hydroxylation sites is 1. The first-order chi connectivity index (χ1) is 12.4. The van der Waals surface area contributed by atoms with Gasteiger partial charge in [-0.05, 0) is 37.3 Å². The van der Waals surface area contributed by atoms with Gasteiger partial charge in [-0.1, -0.05) is 23.7 Å². The number of nitrogens with zero attached hydrogens (tertiary/aromatic N) is 1. The molecular weight excluding hydrogens is 358 g/mol. The number of hydrogen-bond acceptors (Lipinski definition) is 4. The maximum atomic E-state index is 13.0. The van der Waals surface area contributed by atoms with Crippen molar-refractivity contribution in [2.24, 2.45) is 0 Å². The minimum Gasteiger partial charge on any atom is -0.326 e. The van der Waals surface area contributed by atoms with Gasteiger partial charge < -0.3 is 10.6 Å². The number of nitro benzene ring substituents is 1. The summed E-state index contributed by atoms with van der Waals surface area (Å²) in [6.45, 7) is 1.59. The van der Waals surface area contributed by atoms with Crippen LogP contribution in [0.25, 0.3) is 0 Å². The van der Waals surface area contributed by atoms with Crippen molar-refractivity contribution in [3.8, 4) is 0 Å². The molecule has 2 aromatic rings. The number of carbonyl (C=O) groups is 2. The summed E-state index contributed by atoms with van der Waals surface area (Å²) in [6.07, 6.45) is 0. The monoisotopic (exact) mass is 371 g/mol. The largest absolute Gasteiger partial charge is 0.326 e. The molecule has 0 radical (unpaired) electrons. The van der Waals surface area contributed by atoms with Crippen LogP contribution in [0, 0.1) is 10.1 Å². The highest BCUT2D eigenvalue weighted by molar-refractivity contribution is 6.30. The Labute approximate surface area is 153 Å². The first-order valence-electron chi connectivity index (χ1n) is 7.70. The van der Waals surface area contributed by atoms with Gasteiger partial charge in [-0.25, -0.2) is 4.79 Å². The van der Waals surface area contributed by atoms with Crippen LogP contribution in [-0.4, -0.2) is 16.7 Å². The number of carbonyl (C=O) groups excluding carboxylic acids is 2. The summed E-state index contributed by atoms with van der Waals surface area (Å²) >= 11 is 5.86. The van der Waals surface area contributed by atoms with E-state index in [4.69, 9.17) is 11.6 Å². The fraction of sp³-hybridized carbons (Fsp3) is 0.111. The highest BCUT2D eigenvalue weighted by Gasteiger charge is 2.35. The molecule has 0 aliphatic carbocycles. The number of urea groups is 1. The van der Waals surface area contributed by atoms with Gasteiger partial charge in [0.05, 0.1) is 16.5 Å². The van der Waals surface area contributed by atoms with E-state index in [9.17, 15) is 19.7 Å². The molecule has 132 valence electrons. The van der Waals surface area contributed by atoms with E-state index in [0.717, 1.165) is 0 Å². The van der Waals surface area contributed by atoms with E-state index in [1.54, 1.807) is 37.3 Å². The second kappa shape index (κ2) is 6.97. The van der Waals surface area contributed by atoms with E-state index in [-0.39, 0.29) is 22.6 Å². The Hall–Kier alpha value is -3.19. The zero-order valence-corrected chi connectivity index (χ0v) is 14.4. The van der Waals surface area contributed by atoms with Gasteiger partial charge in [0, 0.05) is 27.9 Å². The van der Waals surface area contributed by atoms with Gasteiger partial charge in [0.2, 0.25) is 0 Å². The molecule has 0 spiro atoms. The van der Waals surface area contributed by atoms with Crippen LogP contribution in [0.4, 0.5) is 10.5 Å². The van der Waals surface area contributed by atoms with Crippen LogP contribution < -0.4 is 10.6 Å². The van der Waals surface area contributed by atoms with Gasteiger partial charge in [-0.3, -0.25) is 14.9 Å². The van der Waals surface area contributed by atoms with Crippen LogP contribution in [0.1, 0.15) is 28.9 Å². The third-order valence-corrected chi connectivity index (χ3v) is 4.32. The normalized spacial score (nSPS) is 16.7. The van der Waals surface area contributed by atoms with E-state index in [1.165, 1.54) is 18.2 Å². The fourth-order valence-corrected chi connectivity index (χ4v) is 3.01. The molecule has 0 fully saturated rings. The van der Waals surface area contributed by atoms with Gasteiger partial charge >= 0.3 is 6.03 Å². The molecule has 0 saturated heterocycles. The van der Waals surface area contributed by atoms with Crippen molar-refractivity contribution in [1.82, 2.24) is 10.6 Å². The highest BCUT2D eigenvalue weighted by atomic mass is 35.5. The number of Topliss-reactive ketones (excluding diaryl/α,β-unsaturated/α-hetero) is 1. The molecule has 0 aromatic heterocycles. The number of hydrogen-bond donors (Lipinski definition) is 2. The molecule has 3 rings (SSSR count). The van der Waals surface area contributed by atoms with Crippen molar-refractivity contribution in [2.75, 3.05) is 0 Å². The van der Waals surface area contributed by atoms with Crippen molar-refractivity contribution in [1.29, 1.82) is 0 Å². The lowest BCUT2D eigenvalue weighted by Crippen LogP contribution is -2.45. The number of allylic oxidation sites excluding steroid dienone is 1. The number of nitrogens with one attached hydrogen (secondary N) is 2. The molecule has 2 aromatic carbocycles. The van der Waals surface area contributed by atoms with E-state index < -0.39 is 17.0 Å². The SMILES string of the molecule is CC1=C(C(=O)c2ccc(Cl)cc2)[C@@H](c2ccccc2[N+](=O)[O-])NC(=O)N1. The number of rotatable bonds is 4. The molecule has 0 bridgehead atoms. The Morgan fingerprint density at radius 2 is 1.81 bits per heavy atom. The molecule has 1 aliphatic heterocycles. The average molecular weight is 372 g/mol. The van der Waals surface area contributed by atoms with Crippen LogP contribution in [0.2, 0.25) is 5.02 Å². The van der Waals surface area contributed by atoms with Gasteiger partial charge in [0.1, 0.15) is 0 Å². The van der Waals surface area contributed by atoms with Crippen LogP contribution in [-0.2, 0) is 0 Å². The molecule has 1 heterocycles. The van der Waals surface area contributed by atoms with Crippen LogP contribution >= 0.6 is 11.6 Å². The van der Waals surface area contributed by atoms with Crippen molar-refractivity contribution < 1.29 is 14.5 Å². The number of benzene rings is 2. The molecule has 1 atom stereocenters. The van der Waals surface area contributed by atoms with Crippen LogP contribution in [0.3, 0.4) is 0 Å². The smallest absolute Gasteiger partial charge is 0.319 e. The molecule has 2 N–H and O–H groups in total. The second-order valence-electron chi connectivity index (χ2n) is 5.72. The second-order valence-corrected chi connectivity index (χ2v) is 6.16. The standard InChI is InChI=1S/C18H14ClN3O4/c1-10-15(17(23)11-6-8-12(19)9-7-11)16(21-18(24)20-10)13-4-2-3-5-14(13)22(25)26/h2-9,16H,1H3,(H2,20,21,24)/t16-/m1/s1. The van der Waals surface area contributed by atoms with Gasteiger partial charge in [-0.15, -0.1) is 0 Å². The lowest BCUT2D eigenvalue weighted by atomic mass is 9.89. The van der Waals surface area contributed by atoms with Crippen molar-refractivity contribution >= 4 is 29.1 Å². The number of ketones is 1. The topological polar surface area (TPSA) is 101 Å². The van der Waals surface area contributed by atoms with Gasteiger partial charge in [-0.2, -0.15) is 0 Å². The van der Waals surface area contributed by atoms with Crippen molar-refractivity contribution in [2.45, 2.75) is 13.0 Å². The minimum absolute atomic E-state index is 0.172. The molecular formula is C18H14ClN3O4. The Balaban J connectivity index is 2.13. The number of halogens is 1. The van der Waals surface area contributed by atoms with Gasteiger partial charge in [0.15, 0.2) is 5.78 Å². The third-order valence-electron chi connectivity index (χ3n) is 4.06. The van der Waals surface area contributed by atoms with E-state index in [0.29, 0.717) is 16.3 Å². The Bertz CT molecular complexity index is 938. The molecule has 0 saturated carbocycles. The lowest BCUT2D eigenvalue weighted by Gasteiger charge is -2.28. The molecule has 2 amide bonds. The Morgan fingerprint density at radius 1 is 1.15 bits per heavy atom. The minimum atomic E-state index is -0.937. The molecule has 26 heavy (non-hydrogen) atoms. The zero-order chi connectivity index (χ0) is 18.8. The number of nitro groups is 1. The van der Waals surface area contributed by atoms with Crippen LogP contribution in [0.5, 0.6) is 0 Å². The summed E-state index contributed by atoms with van der Waals surface area (Å²) < 4.78 is 0. The predicted octanol–water partition coefficient (Wildman–Crippen LogP) is 3.76. The Kier molecular flexibility index (Phi) is 4.73. The third kappa shape index (κ3) is 3.29. The molecule has 7 nitrogen and oxygen atoms in total. The van der Waals surface area contributed by atoms with E-state index >= 15 is 0 Å². The summed E-state index contributed by atoms with van der Waals surface area (Å²) in [6, 6.07) is 10.8. The van der Waals surface area contributed by atoms with Crippen molar-refractivity contribution in [3.05, 3.63) is 86.1 Å². The maximum Gasteiger partial charge on any atom is 0.319 e.